The van der Waals surface area contributed by atoms with E-state index in [-0.39, 0.29) is 0 Å². The van der Waals surface area contributed by atoms with Gasteiger partial charge in [-0.05, 0) is 42.4 Å². The van der Waals surface area contributed by atoms with Crippen molar-refractivity contribution >= 4 is 0 Å². The Balaban J connectivity index is 1.52. The van der Waals surface area contributed by atoms with E-state index in [2.05, 4.69) is 11.7 Å². The molecule has 0 saturated heterocycles. The van der Waals surface area contributed by atoms with Crippen LogP contribution in [0.3, 0.4) is 0 Å². The molecule has 0 spiro atoms. The maximum absolute atomic E-state index is 14.4. The summed E-state index contributed by atoms with van der Waals surface area (Å²) in [7, 11) is 0. The zero-order valence-corrected chi connectivity index (χ0v) is 17.8. The Labute approximate surface area is 180 Å². The summed E-state index contributed by atoms with van der Waals surface area (Å²) in [5.41, 5.74) is 0.532. The van der Waals surface area contributed by atoms with Crippen LogP contribution in [0.2, 0.25) is 0 Å². The molecule has 0 atom stereocenters. The molecule has 0 bridgehead atoms. The zero-order chi connectivity index (χ0) is 22.4. The molecule has 2 aromatic carbocycles. The Bertz CT molecular complexity index is 818. The third-order valence-corrected chi connectivity index (χ3v) is 6.27. The lowest BCUT2D eigenvalue weighted by Gasteiger charge is -2.28. The molecule has 2 aromatic rings. The van der Waals surface area contributed by atoms with Crippen molar-refractivity contribution in [3.05, 3.63) is 65.0 Å². The summed E-state index contributed by atoms with van der Waals surface area (Å²) in [4.78, 5) is 0. The fraction of sp³-hybridized carbons (Fsp3) is 0.520. The summed E-state index contributed by atoms with van der Waals surface area (Å²) in [6.45, 7) is 2.22. The summed E-state index contributed by atoms with van der Waals surface area (Å²) in [6, 6.07) is 6.58. The minimum Gasteiger partial charge on any atom is -0.429 e. The molecule has 0 aliphatic heterocycles. The molecule has 6 heteroatoms. The molecule has 1 aliphatic carbocycles. The highest BCUT2D eigenvalue weighted by atomic mass is 19.3. The van der Waals surface area contributed by atoms with Crippen LogP contribution in [0.4, 0.5) is 22.0 Å². The average Bonchev–Trinajstić information content (AvgIpc) is 2.75. The second-order valence-electron chi connectivity index (χ2n) is 8.58. The number of aryl methyl sites for hydroxylation is 1. The molecule has 3 rings (SSSR count). The van der Waals surface area contributed by atoms with Gasteiger partial charge in [0.05, 0.1) is 5.56 Å². The van der Waals surface area contributed by atoms with Crippen LogP contribution < -0.4 is 4.74 Å². The lowest BCUT2D eigenvalue weighted by Crippen LogP contribution is -2.22. The van der Waals surface area contributed by atoms with Crippen LogP contribution >= 0.6 is 0 Å². The molecule has 0 heterocycles. The van der Waals surface area contributed by atoms with Crippen LogP contribution in [0, 0.1) is 29.3 Å². The van der Waals surface area contributed by atoms with Crippen LogP contribution in [0.15, 0.2) is 36.4 Å². The van der Waals surface area contributed by atoms with Gasteiger partial charge in [-0.1, -0.05) is 64.0 Å². The van der Waals surface area contributed by atoms with E-state index in [0.717, 1.165) is 24.3 Å². The molecule has 1 fully saturated rings. The van der Waals surface area contributed by atoms with Crippen molar-refractivity contribution in [2.45, 2.75) is 70.8 Å². The summed E-state index contributed by atoms with van der Waals surface area (Å²) in [5, 5.41) is 0. The van der Waals surface area contributed by atoms with E-state index in [0.29, 0.717) is 18.1 Å². The molecule has 0 N–H and O–H groups in total. The van der Waals surface area contributed by atoms with Gasteiger partial charge < -0.3 is 4.74 Å². The highest BCUT2D eigenvalue weighted by Crippen LogP contribution is 2.35. The van der Waals surface area contributed by atoms with Crippen LogP contribution in [-0.2, 0) is 12.5 Å². The molecule has 1 saturated carbocycles. The lowest BCUT2D eigenvalue weighted by molar-refractivity contribution is -0.185. The number of unbranched alkanes of at least 4 members (excludes halogenated alkanes) is 1. The SMILES string of the molecule is CCCCC1CCC(CCc2ccc(C(F)(F)Oc3cc(F)c(F)c(F)c3)cc2)CC1. The predicted molar refractivity (Wildman–Crippen MR) is 111 cm³/mol. The Morgan fingerprint density at radius 1 is 0.871 bits per heavy atom. The largest absolute Gasteiger partial charge is 0.429 e. The quantitative estimate of drug-likeness (QED) is 0.282. The van der Waals surface area contributed by atoms with Gasteiger partial charge in [-0.25, -0.2) is 13.2 Å². The van der Waals surface area contributed by atoms with Gasteiger partial charge in [0.1, 0.15) is 5.75 Å². The van der Waals surface area contributed by atoms with E-state index in [1.807, 2.05) is 0 Å². The van der Waals surface area contributed by atoms with E-state index in [9.17, 15) is 22.0 Å². The first kappa shape index (κ1) is 23.6. The molecule has 0 amide bonds. The molecule has 170 valence electrons. The first-order chi connectivity index (χ1) is 14.8. The van der Waals surface area contributed by atoms with Crippen LogP contribution in [0.1, 0.15) is 69.4 Å². The third kappa shape index (κ3) is 6.44. The summed E-state index contributed by atoms with van der Waals surface area (Å²) >= 11 is 0. The first-order valence-corrected chi connectivity index (χ1v) is 11.1. The van der Waals surface area contributed by atoms with Crippen molar-refractivity contribution in [1.29, 1.82) is 0 Å². The summed E-state index contributed by atoms with van der Waals surface area (Å²) < 4.78 is 72.7. The van der Waals surface area contributed by atoms with E-state index in [1.54, 1.807) is 12.1 Å². The van der Waals surface area contributed by atoms with Gasteiger partial charge in [0.2, 0.25) is 0 Å². The van der Waals surface area contributed by atoms with Gasteiger partial charge in [-0.15, -0.1) is 0 Å². The van der Waals surface area contributed by atoms with E-state index >= 15 is 0 Å². The fourth-order valence-electron chi connectivity index (χ4n) is 4.34. The number of hydrogen-bond donors (Lipinski definition) is 0. The number of ether oxygens (including phenoxy) is 1. The molecular weight excluding hydrogens is 411 g/mol. The van der Waals surface area contributed by atoms with Crippen LogP contribution in [0.25, 0.3) is 0 Å². The summed E-state index contributed by atoms with van der Waals surface area (Å²) in [6.07, 6.45) is 7.01. The molecule has 0 unspecified atom stereocenters. The first-order valence-electron chi connectivity index (χ1n) is 11.1. The highest BCUT2D eigenvalue weighted by Gasteiger charge is 2.35. The average molecular weight is 440 g/mol. The zero-order valence-electron chi connectivity index (χ0n) is 17.8. The highest BCUT2D eigenvalue weighted by molar-refractivity contribution is 5.29. The van der Waals surface area contributed by atoms with Crippen molar-refractivity contribution in [3.8, 4) is 5.75 Å². The van der Waals surface area contributed by atoms with Gasteiger partial charge in [-0.2, -0.15) is 8.78 Å². The Hall–Kier alpha value is -2.11. The van der Waals surface area contributed by atoms with Gasteiger partial charge in [0, 0.05) is 12.1 Å². The summed E-state index contributed by atoms with van der Waals surface area (Å²) in [5.74, 6) is -4.12. The second kappa shape index (κ2) is 10.5. The van der Waals surface area contributed by atoms with Crippen LogP contribution in [0.5, 0.6) is 5.75 Å². The molecular formula is C25H29F5O. The maximum atomic E-state index is 14.4. The molecule has 31 heavy (non-hydrogen) atoms. The molecule has 1 aliphatic rings. The number of benzene rings is 2. The van der Waals surface area contributed by atoms with Crippen molar-refractivity contribution in [3.63, 3.8) is 0 Å². The number of alkyl halides is 2. The number of hydrogen-bond acceptors (Lipinski definition) is 1. The maximum Gasteiger partial charge on any atom is 0.426 e. The predicted octanol–water partition coefficient (Wildman–Crippen LogP) is 8.16. The van der Waals surface area contributed by atoms with Crippen molar-refractivity contribution < 1.29 is 26.7 Å². The molecule has 0 radical (unpaired) electrons. The third-order valence-electron chi connectivity index (χ3n) is 6.27. The van der Waals surface area contributed by atoms with Crippen LogP contribution in [-0.4, -0.2) is 0 Å². The monoisotopic (exact) mass is 440 g/mol. The Kier molecular flexibility index (Phi) is 7.95. The van der Waals surface area contributed by atoms with E-state index in [1.165, 1.54) is 57.1 Å². The lowest BCUT2D eigenvalue weighted by atomic mass is 9.78. The van der Waals surface area contributed by atoms with Gasteiger partial charge in [0.15, 0.2) is 17.5 Å². The van der Waals surface area contributed by atoms with E-state index < -0.39 is 34.9 Å². The molecule has 0 aromatic heterocycles. The number of rotatable bonds is 9. The smallest absolute Gasteiger partial charge is 0.426 e. The minimum absolute atomic E-state index is 0.400. The topological polar surface area (TPSA) is 9.23 Å². The van der Waals surface area contributed by atoms with Crippen molar-refractivity contribution in [2.75, 3.05) is 0 Å². The van der Waals surface area contributed by atoms with E-state index in [4.69, 9.17) is 0 Å². The number of halogens is 5. The standard InChI is InChI=1S/C25H29F5O/c1-2-3-4-17-5-7-18(8-6-17)9-10-19-11-13-20(14-12-19)25(29,30)31-21-15-22(26)24(28)23(27)16-21/h11-18H,2-10H2,1H3. The normalized spacial score (nSPS) is 19.4. The van der Waals surface area contributed by atoms with Gasteiger partial charge in [-0.3, -0.25) is 0 Å². The molecule has 1 nitrogen and oxygen atoms in total. The Morgan fingerprint density at radius 3 is 1.97 bits per heavy atom. The fourth-order valence-corrected chi connectivity index (χ4v) is 4.34. The van der Waals surface area contributed by atoms with Crippen molar-refractivity contribution in [2.24, 2.45) is 11.8 Å². The second-order valence-corrected chi connectivity index (χ2v) is 8.58. The minimum atomic E-state index is -3.80. The van der Waals surface area contributed by atoms with Gasteiger partial charge in [0.25, 0.3) is 0 Å². The van der Waals surface area contributed by atoms with Gasteiger partial charge >= 0.3 is 6.11 Å². The van der Waals surface area contributed by atoms with Crippen molar-refractivity contribution in [1.82, 2.24) is 0 Å². The Morgan fingerprint density at radius 2 is 1.42 bits per heavy atom.